The second kappa shape index (κ2) is 5.93. The predicted molar refractivity (Wildman–Crippen MR) is 76.2 cm³/mol. The first-order valence-corrected chi connectivity index (χ1v) is 7.20. The molecule has 1 atom stereocenters. The second-order valence-electron chi connectivity index (χ2n) is 4.84. The van der Waals surface area contributed by atoms with Crippen molar-refractivity contribution in [3.8, 4) is 11.5 Å². The predicted octanol–water partition coefficient (Wildman–Crippen LogP) is 3.80. The lowest BCUT2D eigenvalue weighted by atomic mass is 10.1. The molecule has 2 rings (SSSR count). The molecule has 0 heterocycles. The van der Waals surface area contributed by atoms with Gasteiger partial charge in [-0.3, -0.25) is 0 Å². The zero-order valence-corrected chi connectivity index (χ0v) is 12.5. The third-order valence-corrected chi connectivity index (χ3v) is 4.06. The van der Waals surface area contributed by atoms with Crippen molar-refractivity contribution < 1.29 is 9.47 Å². The minimum Gasteiger partial charge on any atom is -0.493 e. The number of ether oxygens (including phenoxy) is 2. The van der Waals surface area contributed by atoms with Crippen LogP contribution in [0.4, 0.5) is 0 Å². The first-order chi connectivity index (χ1) is 8.61. The summed E-state index contributed by atoms with van der Waals surface area (Å²) in [5.74, 6) is 1.57. The number of benzene rings is 1. The number of nitrogens with two attached hydrogens (primary N) is 1. The van der Waals surface area contributed by atoms with Crippen LogP contribution in [0.3, 0.4) is 0 Å². The number of rotatable bonds is 4. The summed E-state index contributed by atoms with van der Waals surface area (Å²) in [4.78, 5) is 0. The Labute approximate surface area is 117 Å². The van der Waals surface area contributed by atoms with Crippen molar-refractivity contribution in [1.29, 1.82) is 0 Å². The quantitative estimate of drug-likeness (QED) is 0.919. The van der Waals surface area contributed by atoms with E-state index in [9.17, 15) is 0 Å². The van der Waals surface area contributed by atoms with Crippen LogP contribution in [0, 0.1) is 0 Å². The van der Waals surface area contributed by atoms with E-state index < -0.39 is 0 Å². The lowest BCUT2D eigenvalue weighted by Gasteiger charge is -2.18. The van der Waals surface area contributed by atoms with Gasteiger partial charge in [0.15, 0.2) is 11.5 Å². The molecule has 18 heavy (non-hydrogen) atoms. The van der Waals surface area contributed by atoms with Crippen LogP contribution in [-0.4, -0.2) is 13.2 Å². The molecule has 1 aromatic carbocycles. The van der Waals surface area contributed by atoms with E-state index in [0.717, 1.165) is 34.4 Å². The van der Waals surface area contributed by atoms with Crippen molar-refractivity contribution in [3.05, 3.63) is 22.2 Å². The Morgan fingerprint density at radius 2 is 1.94 bits per heavy atom. The Morgan fingerprint density at radius 3 is 2.50 bits per heavy atom. The van der Waals surface area contributed by atoms with E-state index in [1.807, 2.05) is 19.1 Å². The van der Waals surface area contributed by atoms with Crippen LogP contribution in [0.5, 0.6) is 11.5 Å². The summed E-state index contributed by atoms with van der Waals surface area (Å²) in [6.07, 6.45) is 5.11. The first kappa shape index (κ1) is 13.7. The van der Waals surface area contributed by atoms with E-state index in [1.54, 1.807) is 7.11 Å². The van der Waals surface area contributed by atoms with Crippen LogP contribution in [0.1, 0.15) is 44.2 Å². The van der Waals surface area contributed by atoms with Gasteiger partial charge in [-0.1, -0.05) is 15.9 Å². The molecule has 1 aliphatic rings. The van der Waals surface area contributed by atoms with Crippen molar-refractivity contribution in [1.82, 2.24) is 0 Å². The summed E-state index contributed by atoms with van der Waals surface area (Å²) in [5, 5.41) is 0. The smallest absolute Gasteiger partial charge is 0.162 e. The molecular weight excluding hydrogens is 294 g/mol. The van der Waals surface area contributed by atoms with E-state index in [0.29, 0.717) is 6.10 Å². The fourth-order valence-electron chi connectivity index (χ4n) is 2.34. The summed E-state index contributed by atoms with van der Waals surface area (Å²) in [6.45, 7) is 1.96. The van der Waals surface area contributed by atoms with Gasteiger partial charge < -0.3 is 15.2 Å². The van der Waals surface area contributed by atoms with Crippen LogP contribution in [0.2, 0.25) is 0 Å². The molecule has 0 aromatic heterocycles. The van der Waals surface area contributed by atoms with Crippen LogP contribution in [-0.2, 0) is 0 Å². The minimum atomic E-state index is -0.0335. The van der Waals surface area contributed by atoms with E-state index in [1.165, 1.54) is 12.8 Å². The van der Waals surface area contributed by atoms with Crippen LogP contribution in [0.15, 0.2) is 16.6 Å². The van der Waals surface area contributed by atoms with Crippen LogP contribution >= 0.6 is 15.9 Å². The molecule has 1 fully saturated rings. The Kier molecular flexibility index (Phi) is 4.51. The zero-order chi connectivity index (χ0) is 13.1. The molecule has 1 unspecified atom stereocenters. The molecular formula is C14H20BrNO2. The van der Waals surface area contributed by atoms with Gasteiger partial charge in [0.25, 0.3) is 0 Å². The highest BCUT2D eigenvalue weighted by Gasteiger charge is 2.20. The lowest BCUT2D eigenvalue weighted by Crippen LogP contribution is -2.12. The largest absolute Gasteiger partial charge is 0.493 e. The molecule has 0 bridgehead atoms. The average Bonchev–Trinajstić information content (AvgIpc) is 2.81. The molecule has 100 valence electrons. The van der Waals surface area contributed by atoms with Crippen LogP contribution < -0.4 is 15.2 Å². The minimum absolute atomic E-state index is 0.0335. The van der Waals surface area contributed by atoms with Crippen molar-refractivity contribution in [3.63, 3.8) is 0 Å². The molecule has 4 heteroatoms. The van der Waals surface area contributed by atoms with Crippen molar-refractivity contribution in [2.45, 2.75) is 44.8 Å². The molecule has 2 N–H and O–H groups in total. The highest BCUT2D eigenvalue weighted by atomic mass is 79.9. The zero-order valence-electron chi connectivity index (χ0n) is 10.9. The first-order valence-electron chi connectivity index (χ1n) is 6.41. The summed E-state index contributed by atoms with van der Waals surface area (Å²) in [5.41, 5.74) is 6.96. The van der Waals surface area contributed by atoms with Gasteiger partial charge in [-0.15, -0.1) is 0 Å². The van der Waals surface area contributed by atoms with Crippen molar-refractivity contribution in [2.75, 3.05) is 7.11 Å². The normalized spacial score (nSPS) is 17.8. The highest BCUT2D eigenvalue weighted by Crippen LogP contribution is 2.37. The highest BCUT2D eigenvalue weighted by molar-refractivity contribution is 9.10. The molecule has 3 nitrogen and oxygen atoms in total. The van der Waals surface area contributed by atoms with E-state index in [2.05, 4.69) is 15.9 Å². The molecule has 0 radical (unpaired) electrons. The fourth-order valence-corrected chi connectivity index (χ4v) is 3.02. The van der Waals surface area contributed by atoms with Gasteiger partial charge in [-0.25, -0.2) is 0 Å². The molecule has 0 spiro atoms. The molecule has 1 aromatic rings. The summed E-state index contributed by atoms with van der Waals surface area (Å²) >= 11 is 3.54. The van der Waals surface area contributed by atoms with Gasteiger partial charge in [-0.05, 0) is 50.3 Å². The van der Waals surface area contributed by atoms with Gasteiger partial charge in [0.2, 0.25) is 0 Å². The molecule has 0 aliphatic heterocycles. The summed E-state index contributed by atoms with van der Waals surface area (Å²) in [7, 11) is 1.66. The molecule has 1 saturated carbocycles. The molecule has 0 saturated heterocycles. The Morgan fingerprint density at radius 1 is 1.28 bits per heavy atom. The lowest BCUT2D eigenvalue weighted by molar-refractivity contribution is 0.200. The fraction of sp³-hybridized carbons (Fsp3) is 0.571. The topological polar surface area (TPSA) is 44.5 Å². The number of hydrogen-bond donors (Lipinski definition) is 1. The number of methoxy groups -OCH3 is 1. The maximum absolute atomic E-state index is 6.02. The Balaban J connectivity index is 2.25. The standard InChI is InChI=1S/C14H20BrNO2/c1-9(16)11-7-13(17-2)14(8-12(11)15)18-10-5-3-4-6-10/h7-10H,3-6,16H2,1-2H3. The maximum Gasteiger partial charge on any atom is 0.162 e. The number of halogens is 1. The third kappa shape index (κ3) is 2.98. The van der Waals surface area contributed by atoms with Gasteiger partial charge in [-0.2, -0.15) is 0 Å². The van der Waals surface area contributed by atoms with E-state index >= 15 is 0 Å². The third-order valence-electron chi connectivity index (χ3n) is 3.37. The van der Waals surface area contributed by atoms with Gasteiger partial charge in [0.1, 0.15) is 0 Å². The SMILES string of the molecule is COc1cc(C(C)N)c(Br)cc1OC1CCCC1. The van der Waals surface area contributed by atoms with Gasteiger partial charge in [0, 0.05) is 10.5 Å². The van der Waals surface area contributed by atoms with Crippen molar-refractivity contribution in [2.24, 2.45) is 5.73 Å². The second-order valence-corrected chi connectivity index (χ2v) is 5.69. The van der Waals surface area contributed by atoms with Gasteiger partial charge in [0.05, 0.1) is 13.2 Å². The van der Waals surface area contributed by atoms with Crippen molar-refractivity contribution >= 4 is 15.9 Å². The molecule has 1 aliphatic carbocycles. The van der Waals surface area contributed by atoms with Gasteiger partial charge >= 0.3 is 0 Å². The monoisotopic (exact) mass is 313 g/mol. The molecule has 0 amide bonds. The summed E-state index contributed by atoms with van der Waals surface area (Å²) in [6, 6.07) is 3.89. The Hall–Kier alpha value is -0.740. The van der Waals surface area contributed by atoms with E-state index in [4.69, 9.17) is 15.2 Å². The van der Waals surface area contributed by atoms with Crippen LogP contribution in [0.25, 0.3) is 0 Å². The average molecular weight is 314 g/mol. The summed E-state index contributed by atoms with van der Waals surface area (Å²) < 4.78 is 12.4. The number of hydrogen-bond acceptors (Lipinski definition) is 3. The Bertz CT molecular complexity index is 415. The maximum atomic E-state index is 6.02. The van der Waals surface area contributed by atoms with E-state index in [-0.39, 0.29) is 6.04 Å².